The van der Waals surface area contributed by atoms with Crippen LogP contribution in [0.15, 0.2) is 17.5 Å². The SMILES string of the molecule is CCC(C)C(NC(=O)C(N)Cc1cnc[nH]1)C(=O)NC(CCCN=C(N)N)C(=O)NC(C(=O)O)C(C)C. The molecule has 1 aromatic rings. The van der Waals surface area contributed by atoms with E-state index in [0.717, 1.165) is 0 Å². The number of aromatic amines is 1. The van der Waals surface area contributed by atoms with Gasteiger partial charge in [0.1, 0.15) is 18.1 Å². The van der Waals surface area contributed by atoms with E-state index in [1.54, 1.807) is 27.0 Å². The number of hydrogen-bond donors (Lipinski definition) is 8. The fourth-order valence-electron chi connectivity index (χ4n) is 3.49. The maximum absolute atomic E-state index is 13.3. The molecule has 0 aromatic carbocycles. The van der Waals surface area contributed by atoms with Crippen LogP contribution in [0.1, 0.15) is 52.7 Å². The van der Waals surface area contributed by atoms with E-state index in [2.05, 4.69) is 30.9 Å². The molecule has 0 saturated heterocycles. The van der Waals surface area contributed by atoms with Crippen LogP contribution in [0.25, 0.3) is 0 Å². The summed E-state index contributed by atoms with van der Waals surface area (Å²) in [5, 5.41) is 17.3. The summed E-state index contributed by atoms with van der Waals surface area (Å²) in [6.45, 7) is 7.18. The summed E-state index contributed by atoms with van der Waals surface area (Å²) in [7, 11) is 0. The molecule has 1 aromatic heterocycles. The number of nitrogens with zero attached hydrogens (tertiary/aromatic N) is 2. The van der Waals surface area contributed by atoms with Crippen LogP contribution in [0.2, 0.25) is 0 Å². The van der Waals surface area contributed by atoms with Gasteiger partial charge in [-0.25, -0.2) is 9.78 Å². The highest BCUT2D eigenvalue weighted by molar-refractivity contribution is 5.94. The first-order valence-corrected chi connectivity index (χ1v) is 12.3. The Labute approximate surface area is 216 Å². The summed E-state index contributed by atoms with van der Waals surface area (Å²) in [5.74, 6) is -3.75. The molecule has 37 heavy (non-hydrogen) atoms. The number of imidazole rings is 1. The van der Waals surface area contributed by atoms with E-state index in [9.17, 15) is 24.3 Å². The van der Waals surface area contributed by atoms with Crippen molar-refractivity contribution in [3.05, 3.63) is 18.2 Å². The van der Waals surface area contributed by atoms with Gasteiger partial charge in [-0.1, -0.05) is 34.1 Å². The molecule has 14 heteroatoms. The molecule has 208 valence electrons. The Balaban J connectivity index is 3.02. The number of aliphatic imine (C=N–C) groups is 1. The molecule has 0 aliphatic carbocycles. The Hall–Kier alpha value is -3.68. The third kappa shape index (κ3) is 10.9. The molecule has 0 radical (unpaired) electrons. The molecule has 5 unspecified atom stereocenters. The first-order chi connectivity index (χ1) is 17.4. The minimum Gasteiger partial charge on any atom is -0.480 e. The number of nitrogens with one attached hydrogen (secondary N) is 4. The maximum Gasteiger partial charge on any atom is 0.326 e. The lowest BCUT2D eigenvalue weighted by molar-refractivity contribution is -0.143. The van der Waals surface area contributed by atoms with Gasteiger partial charge in [0.25, 0.3) is 0 Å². The summed E-state index contributed by atoms with van der Waals surface area (Å²) in [5.41, 5.74) is 17.4. The molecule has 0 aliphatic rings. The van der Waals surface area contributed by atoms with E-state index in [1.807, 2.05) is 6.92 Å². The Morgan fingerprint density at radius 1 is 1.05 bits per heavy atom. The Kier molecular flexibility index (Phi) is 13.1. The molecule has 3 amide bonds. The zero-order valence-electron chi connectivity index (χ0n) is 21.9. The molecule has 5 atom stereocenters. The first kappa shape index (κ1) is 31.4. The third-order valence-electron chi connectivity index (χ3n) is 5.93. The van der Waals surface area contributed by atoms with Crippen molar-refractivity contribution in [3.63, 3.8) is 0 Å². The zero-order valence-corrected chi connectivity index (χ0v) is 21.9. The lowest BCUT2D eigenvalue weighted by Gasteiger charge is -2.28. The van der Waals surface area contributed by atoms with E-state index in [4.69, 9.17) is 17.2 Å². The van der Waals surface area contributed by atoms with Gasteiger partial charge in [0.2, 0.25) is 17.7 Å². The third-order valence-corrected chi connectivity index (χ3v) is 5.93. The largest absolute Gasteiger partial charge is 0.480 e. The highest BCUT2D eigenvalue weighted by Gasteiger charge is 2.33. The van der Waals surface area contributed by atoms with E-state index in [0.29, 0.717) is 18.5 Å². The number of amides is 3. The van der Waals surface area contributed by atoms with Crippen molar-refractivity contribution in [1.82, 2.24) is 25.9 Å². The second-order valence-corrected chi connectivity index (χ2v) is 9.34. The summed E-state index contributed by atoms with van der Waals surface area (Å²) in [6.07, 6.45) is 4.26. The van der Waals surface area contributed by atoms with E-state index < -0.39 is 47.9 Å². The van der Waals surface area contributed by atoms with Crippen LogP contribution >= 0.6 is 0 Å². The molecule has 0 bridgehead atoms. The maximum atomic E-state index is 13.3. The van der Waals surface area contributed by atoms with Gasteiger partial charge in [0.15, 0.2) is 5.96 Å². The predicted molar refractivity (Wildman–Crippen MR) is 138 cm³/mol. The molecular formula is C23H41N9O5. The van der Waals surface area contributed by atoms with Crippen molar-refractivity contribution in [2.24, 2.45) is 34.0 Å². The number of guanidine groups is 1. The second kappa shape index (κ2) is 15.4. The summed E-state index contributed by atoms with van der Waals surface area (Å²) >= 11 is 0. The lowest BCUT2D eigenvalue weighted by atomic mass is 9.96. The Morgan fingerprint density at radius 3 is 2.22 bits per heavy atom. The van der Waals surface area contributed by atoms with Crippen LogP contribution < -0.4 is 33.2 Å². The summed E-state index contributed by atoms with van der Waals surface area (Å²) < 4.78 is 0. The monoisotopic (exact) mass is 523 g/mol. The quantitative estimate of drug-likeness (QED) is 0.0718. The number of carbonyl (C=O) groups excluding carboxylic acids is 3. The predicted octanol–water partition coefficient (Wildman–Crippen LogP) is -1.43. The highest BCUT2D eigenvalue weighted by atomic mass is 16.4. The molecular weight excluding hydrogens is 482 g/mol. The fraction of sp³-hybridized carbons (Fsp3) is 0.652. The lowest BCUT2D eigenvalue weighted by Crippen LogP contribution is -2.59. The van der Waals surface area contributed by atoms with Crippen molar-refractivity contribution in [1.29, 1.82) is 0 Å². The van der Waals surface area contributed by atoms with Crippen LogP contribution in [0.5, 0.6) is 0 Å². The number of carbonyl (C=O) groups is 4. The van der Waals surface area contributed by atoms with Crippen molar-refractivity contribution in [2.75, 3.05) is 6.54 Å². The molecule has 14 nitrogen and oxygen atoms in total. The van der Waals surface area contributed by atoms with Crippen molar-refractivity contribution >= 4 is 29.7 Å². The van der Waals surface area contributed by atoms with E-state index >= 15 is 0 Å². The van der Waals surface area contributed by atoms with Crippen LogP contribution in [-0.4, -0.2) is 75.4 Å². The van der Waals surface area contributed by atoms with Crippen molar-refractivity contribution in [2.45, 2.75) is 77.5 Å². The van der Waals surface area contributed by atoms with Gasteiger partial charge in [0, 0.05) is 24.9 Å². The van der Waals surface area contributed by atoms with Crippen LogP contribution in [0.4, 0.5) is 0 Å². The van der Waals surface area contributed by atoms with Gasteiger partial charge in [-0.3, -0.25) is 19.4 Å². The number of carboxylic acids is 1. The standard InChI is InChI=1S/C23H41N9O5/c1-5-13(4)18(32-19(33)15(24)9-14-10-27-11-29-14)21(35)30-16(7-6-8-28-23(25)26)20(34)31-17(12(2)3)22(36)37/h10-13,15-18H,5-9,24H2,1-4H3,(H,27,29)(H,30,35)(H,31,34)(H,32,33)(H,36,37)(H4,25,26,28). The molecule has 11 N–H and O–H groups in total. The summed E-state index contributed by atoms with van der Waals surface area (Å²) in [4.78, 5) is 61.3. The van der Waals surface area contributed by atoms with Gasteiger partial charge in [0.05, 0.1) is 12.4 Å². The first-order valence-electron chi connectivity index (χ1n) is 12.3. The number of rotatable bonds is 16. The van der Waals surface area contributed by atoms with Crippen LogP contribution in [0.3, 0.4) is 0 Å². The number of aliphatic carboxylic acids is 1. The van der Waals surface area contributed by atoms with Crippen molar-refractivity contribution < 1.29 is 24.3 Å². The second-order valence-electron chi connectivity index (χ2n) is 9.34. The van der Waals surface area contributed by atoms with E-state index in [-0.39, 0.29) is 37.2 Å². The molecule has 1 rings (SSSR count). The summed E-state index contributed by atoms with van der Waals surface area (Å²) in [6, 6.07) is -4.13. The highest BCUT2D eigenvalue weighted by Crippen LogP contribution is 2.11. The normalized spacial score (nSPS) is 15.1. The van der Waals surface area contributed by atoms with Gasteiger partial charge in [-0.2, -0.15) is 0 Å². The van der Waals surface area contributed by atoms with Gasteiger partial charge in [-0.05, 0) is 24.7 Å². The van der Waals surface area contributed by atoms with Crippen LogP contribution in [0, 0.1) is 11.8 Å². The molecule has 0 aliphatic heterocycles. The number of carboxylic acid groups (broad SMARTS) is 1. The number of H-pyrrole nitrogens is 1. The van der Waals surface area contributed by atoms with Gasteiger partial charge >= 0.3 is 5.97 Å². The van der Waals surface area contributed by atoms with Crippen LogP contribution in [-0.2, 0) is 25.6 Å². The van der Waals surface area contributed by atoms with Gasteiger partial charge < -0.3 is 43.2 Å². The molecule has 1 heterocycles. The minimum atomic E-state index is -1.19. The number of nitrogens with two attached hydrogens (primary N) is 3. The average molecular weight is 524 g/mol. The minimum absolute atomic E-state index is 0.109. The average Bonchev–Trinajstić information content (AvgIpc) is 3.34. The number of hydrogen-bond acceptors (Lipinski definition) is 7. The fourth-order valence-corrected chi connectivity index (χ4v) is 3.49. The molecule has 0 fully saturated rings. The molecule has 0 saturated carbocycles. The van der Waals surface area contributed by atoms with Crippen molar-refractivity contribution in [3.8, 4) is 0 Å². The zero-order chi connectivity index (χ0) is 28.1. The molecule has 0 spiro atoms. The topological polar surface area (TPSA) is 244 Å². The Bertz CT molecular complexity index is 916. The van der Waals surface area contributed by atoms with E-state index in [1.165, 1.54) is 6.33 Å². The smallest absolute Gasteiger partial charge is 0.326 e. The number of aromatic nitrogens is 2. The Morgan fingerprint density at radius 2 is 1.70 bits per heavy atom. The van der Waals surface area contributed by atoms with Gasteiger partial charge in [-0.15, -0.1) is 0 Å².